The van der Waals surface area contributed by atoms with Crippen LogP contribution in [0.3, 0.4) is 0 Å². The molecule has 0 aliphatic rings. The molecular formula is C27H32N2O5. The minimum Gasteiger partial charge on any atom is -0.480 e. The molecule has 0 bridgehead atoms. The van der Waals surface area contributed by atoms with Gasteiger partial charge in [0, 0.05) is 6.54 Å². The van der Waals surface area contributed by atoms with Crippen LogP contribution >= 0.6 is 0 Å². The van der Waals surface area contributed by atoms with Crippen molar-refractivity contribution in [1.29, 1.82) is 0 Å². The van der Waals surface area contributed by atoms with Crippen LogP contribution in [0.15, 0.2) is 72.8 Å². The van der Waals surface area contributed by atoms with Crippen molar-refractivity contribution in [2.45, 2.75) is 57.5 Å². The lowest BCUT2D eigenvalue weighted by Gasteiger charge is -2.30. The van der Waals surface area contributed by atoms with Crippen LogP contribution in [0.2, 0.25) is 0 Å². The van der Waals surface area contributed by atoms with Gasteiger partial charge in [0.2, 0.25) is 0 Å². The van der Waals surface area contributed by atoms with E-state index < -0.39 is 35.9 Å². The number of nitrogens with one attached hydrogen (secondary N) is 2. The quantitative estimate of drug-likeness (QED) is 0.383. The van der Waals surface area contributed by atoms with Crippen LogP contribution in [0.5, 0.6) is 0 Å². The number of rotatable bonds is 9. The Labute approximate surface area is 199 Å². The predicted octanol–water partition coefficient (Wildman–Crippen LogP) is 3.88. The highest BCUT2D eigenvalue weighted by molar-refractivity contribution is 5.85. The van der Waals surface area contributed by atoms with Crippen molar-refractivity contribution in [3.05, 3.63) is 83.9 Å². The number of carbonyl (C=O) groups excluding carboxylic acids is 1. The summed E-state index contributed by atoms with van der Waals surface area (Å²) in [6.45, 7) is 5.45. The summed E-state index contributed by atoms with van der Waals surface area (Å²) < 4.78 is 5.34. The van der Waals surface area contributed by atoms with Crippen molar-refractivity contribution in [2.75, 3.05) is 0 Å². The Kier molecular flexibility index (Phi) is 8.26. The average molecular weight is 465 g/mol. The van der Waals surface area contributed by atoms with Crippen molar-refractivity contribution in [1.82, 2.24) is 10.6 Å². The molecule has 0 unspecified atom stereocenters. The van der Waals surface area contributed by atoms with Gasteiger partial charge in [-0.05, 0) is 49.1 Å². The lowest BCUT2D eigenvalue weighted by atomic mass is 9.96. The molecule has 3 aromatic carbocycles. The van der Waals surface area contributed by atoms with E-state index >= 15 is 0 Å². The highest BCUT2D eigenvalue weighted by Crippen LogP contribution is 2.19. The van der Waals surface area contributed by atoms with Crippen LogP contribution < -0.4 is 10.6 Å². The third kappa shape index (κ3) is 7.04. The molecule has 3 aromatic rings. The van der Waals surface area contributed by atoms with Crippen LogP contribution in [-0.4, -0.2) is 46.1 Å². The molecule has 7 heteroatoms. The number of carbonyl (C=O) groups is 2. The molecule has 1 amide bonds. The molecule has 3 atom stereocenters. The Hall–Kier alpha value is -3.42. The summed E-state index contributed by atoms with van der Waals surface area (Å²) >= 11 is 0. The maximum atomic E-state index is 12.5. The molecule has 180 valence electrons. The first-order valence-electron chi connectivity index (χ1n) is 11.3. The number of benzene rings is 3. The Morgan fingerprint density at radius 1 is 0.941 bits per heavy atom. The molecule has 0 aromatic heterocycles. The molecule has 0 saturated heterocycles. The summed E-state index contributed by atoms with van der Waals surface area (Å²) in [4.78, 5) is 24.6. The molecule has 34 heavy (non-hydrogen) atoms. The first kappa shape index (κ1) is 25.2. The lowest BCUT2D eigenvalue weighted by Crippen LogP contribution is -2.57. The van der Waals surface area contributed by atoms with E-state index in [0.717, 1.165) is 21.9 Å². The van der Waals surface area contributed by atoms with E-state index in [-0.39, 0.29) is 13.0 Å². The number of alkyl carbamates (subject to hydrolysis) is 1. The normalized spacial score (nSPS) is 14.2. The van der Waals surface area contributed by atoms with Crippen molar-refractivity contribution in [3.63, 3.8) is 0 Å². The fourth-order valence-corrected chi connectivity index (χ4v) is 3.84. The molecule has 0 aliphatic heterocycles. The van der Waals surface area contributed by atoms with E-state index in [1.165, 1.54) is 0 Å². The van der Waals surface area contributed by atoms with E-state index in [9.17, 15) is 19.8 Å². The number of ether oxygens (including phenoxy) is 1. The zero-order valence-electron chi connectivity index (χ0n) is 19.7. The zero-order chi connectivity index (χ0) is 24.7. The first-order valence-corrected chi connectivity index (χ1v) is 11.3. The van der Waals surface area contributed by atoms with E-state index in [2.05, 4.69) is 10.6 Å². The largest absolute Gasteiger partial charge is 0.480 e. The Morgan fingerprint density at radius 3 is 2.26 bits per heavy atom. The second-order valence-corrected chi connectivity index (χ2v) is 9.27. The van der Waals surface area contributed by atoms with Crippen molar-refractivity contribution in [2.24, 2.45) is 0 Å². The smallest absolute Gasteiger partial charge is 0.407 e. The molecule has 7 nitrogen and oxygen atoms in total. The maximum Gasteiger partial charge on any atom is 0.407 e. The van der Waals surface area contributed by atoms with Crippen LogP contribution in [0.4, 0.5) is 4.79 Å². The Morgan fingerprint density at radius 2 is 1.59 bits per heavy atom. The highest BCUT2D eigenvalue weighted by atomic mass is 16.6. The van der Waals surface area contributed by atoms with E-state index in [0.29, 0.717) is 0 Å². The third-order valence-electron chi connectivity index (χ3n) is 5.41. The van der Waals surface area contributed by atoms with Gasteiger partial charge >= 0.3 is 12.1 Å². The zero-order valence-corrected chi connectivity index (χ0v) is 19.7. The number of aliphatic hydroxyl groups is 1. The van der Waals surface area contributed by atoms with Gasteiger partial charge in [0.25, 0.3) is 0 Å². The minimum atomic E-state index is -1.42. The van der Waals surface area contributed by atoms with Gasteiger partial charge in [-0.2, -0.15) is 0 Å². The molecule has 0 heterocycles. The summed E-state index contributed by atoms with van der Waals surface area (Å²) in [6.07, 6.45) is -1.90. The van der Waals surface area contributed by atoms with Crippen molar-refractivity contribution in [3.8, 4) is 0 Å². The van der Waals surface area contributed by atoms with Gasteiger partial charge in [-0.25, -0.2) is 4.79 Å². The molecule has 4 N–H and O–H groups in total. The summed E-state index contributed by atoms with van der Waals surface area (Å²) in [6, 6.07) is 20.7. The number of fused-ring (bicyclic) bond motifs is 1. The minimum absolute atomic E-state index is 0.236. The molecule has 3 rings (SSSR count). The van der Waals surface area contributed by atoms with E-state index in [1.807, 2.05) is 72.8 Å². The van der Waals surface area contributed by atoms with Gasteiger partial charge in [0.1, 0.15) is 17.7 Å². The van der Waals surface area contributed by atoms with Gasteiger partial charge in [0.05, 0.1) is 6.04 Å². The van der Waals surface area contributed by atoms with Gasteiger partial charge in [0.15, 0.2) is 0 Å². The Balaban J connectivity index is 1.80. The van der Waals surface area contributed by atoms with E-state index in [1.54, 1.807) is 20.8 Å². The number of hydrogen-bond acceptors (Lipinski definition) is 5. The summed E-state index contributed by atoms with van der Waals surface area (Å²) in [5.41, 5.74) is 1.03. The fraction of sp³-hybridized carbons (Fsp3) is 0.333. The molecule has 0 fully saturated rings. The van der Waals surface area contributed by atoms with Gasteiger partial charge in [-0.1, -0.05) is 72.8 Å². The number of hydrogen-bond donors (Lipinski definition) is 4. The maximum absolute atomic E-state index is 12.5. The molecule has 0 aliphatic carbocycles. The standard InChI is InChI=1S/C27H32N2O5/c1-27(2,3)34-26(33)29-22(16-18-10-5-4-6-11-18)24(30)23(25(31)32)28-17-20-14-9-13-19-12-7-8-15-21(19)20/h4-15,22-24,28,30H,16-17H2,1-3H3,(H,29,33)(H,31,32)/t22-,23+,24+/m0/s1. The first-order chi connectivity index (χ1) is 16.1. The Bertz CT molecular complexity index is 1110. The lowest BCUT2D eigenvalue weighted by molar-refractivity contribution is -0.143. The molecule has 0 saturated carbocycles. The number of carboxylic acid groups (broad SMARTS) is 1. The number of amides is 1. The predicted molar refractivity (Wildman–Crippen MR) is 132 cm³/mol. The SMILES string of the molecule is CC(C)(C)OC(=O)N[C@@H](Cc1ccccc1)[C@@H](O)[C@@H](NCc1cccc2ccccc12)C(=O)O. The molecule has 0 radical (unpaired) electrons. The van der Waals surface area contributed by atoms with E-state index in [4.69, 9.17) is 4.74 Å². The number of aliphatic carboxylic acids is 1. The number of carboxylic acids is 1. The number of aliphatic hydroxyl groups excluding tert-OH is 1. The third-order valence-corrected chi connectivity index (χ3v) is 5.41. The monoisotopic (exact) mass is 464 g/mol. The van der Waals surface area contributed by atoms with Crippen LogP contribution in [0.1, 0.15) is 31.9 Å². The topological polar surface area (TPSA) is 108 Å². The summed E-state index contributed by atoms with van der Waals surface area (Å²) in [7, 11) is 0. The van der Waals surface area contributed by atoms with Gasteiger partial charge < -0.3 is 20.3 Å². The summed E-state index contributed by atoms with van der Waals surface area (Å²) in [5.74, 6) is -1.21. The highest BCUT2D eigenvalue weighted by Gasteiger charge is 2.34. The van der Waals surface area contributed by atoms with Crippen LogP contribution in [0, 0.1) is 0 Å². The fourth-order valence-electron chi connectivity index (χ4n) is 3.84. The van der Waals surface area contributed by atoms with Gasteiger partial charge in [-0.15, -0.1) is 0 Å². The van der Waals surface area contributed by atoms with Crippen molar-refractivity contribution >= 4 is 22.8 Å². The molecule has 0 spiro atoms. The second kappa shape index (κ2) is 11.1. The van der Waals surface area contributed by atoms with Gasteiger partial charge in [-0.3, -0.25) is 10.1 Å². The molecular weight excluding hydrogens is 432 g/mol. The van der Waals surface area contributed by atoms with Crippen molar-refractivity contribution < 1.29 is 24.5 Å². The van der Waals surface area contributed by atoms with Crippen LogP contribution in [-0.2, 0) is 22.5 Å². The summed E-state index contributed by atoms with van der Waals surface area (Å²) in [5, 5.41) is 28.7. The van der Waals surface area contributed by atoms with Crippen LogP contribution in [0.25, 0.3) is 10.8 Å². The average Bonchev–Trinajstić information content (AvgIpc) is 2.78. The second-order valence-electron chi connectivity index (χ2n) is 9.27.